The van der Waals surface area contributed by atoms with Crippen LogP contribution in [0.1, 0.15) is 5.56 Å². The second-order valence-corrected chi connectivity index (χ2v) is 3.86. The molecule has 18 heavy (non-hydrogen) atoms. The zero-order valence-corrected chi connectivity index (χ0v) is 10.1. The molecular weight excluding hydrogens is 260 g/mol. The quantitative estimate of drug-likeness (QED) is 0.780. The van der Waals surface area contributed by atoms with E-state index in [4.69, 9.17) is 11.6 Å². The van der Waals surface area contributed by atoms with E-state index in [-0.39, 0.29) is 5.75 Å². The van der Waals surface area contributed by atoms with Gasteiger partial charge < -0.3 is 4.74 Å². The van der Waals surface area contributed by atoms with Crippen molar-refractivity contribution in [1.29, 1.82) is 0 Å². The van der Waals surface area contributed by atoms with E-state index in [0.29, 0.717) is 11.6 Å². The monoisotopic (exact) mass is 269 g/mol. The molecule has 0 saturated carbocycles. The van der Waals surface area contributed by atoms with Crippen LogP contribution in [-0.2, 0) is 5.88 Å². The van der Waals surface area contributed by atoms with E-state index in [9.17, 15) is 8.78 Å². The van der Waals surface area contributed by atoms with Crippen LogP contribution < -0.4 is 4.74 Å². The average molecular weight is 270 g/mol. The lowest BCUT2D eigenvalue weighted by Crippen LogP contribution is -2.02. The van der Waals surface area contributed by atoms with Crippen LogP contribution in [0.15, 0.2) is 42.6 Å². The molecule has 1 aromatic carbocycles. The summed E-state index contributed by atoms with van der Waals surface area (Å²) in [4.78, 5) is 4.07. The molecule has 0 atom stereocenters. The molecule has 2 nitrogen and oxygen atoms in total. The molecule has 0 fully saturated rings. The predicted octanol–water partition coefficient (Wildman–Crippen LogP) is 4.09. The van der Waals surface area contributed by atoms with Crippen molar-refractivity contribution in [2.45, 2.75) is 12.5 Å². The molecule has 5 heteroatoms. The molecule has 0 aliphatic rings. The molecule has 0 radical (unpaired) electrons. The molecule has 94 valence electrons. The maximum atomic E-state index is 12.0. The van der Waals surface area contributed by atoms with E-state index in [1.807, 2.05) is 24.3 Å². The highest BCUT2D eigenvalue weighted by molar-refractivity contribution is 6.17. The number of rotatable bonds is 4. The van der Waals surface area contributed by atoms with Gasteiger partial charge in [-0.2, -0.15) is 8.78 Å². The number of nitrogens with zero attached hydrogens (tertiary/aromatic N) is 1. The number of alkyl halides is 3. The normalized spacial score (nSPS) is 10.7. The average Bonchev–Trinajstić information content (AvgIpc) is 2.39. The van der Waals surface area contributed by atoms with Gasteiger partial charge in [-0.05, 0) is 17.7 Å². The Kier molecular flexibility index (Phi) is 4.10. The van der Waals surface area contributed by atoms with Crippen LogP contribution in [-0.4, -0.2) is 11.6 Å². The number of halogens is 3. The molecule has 0 unspecified atom stereocenters. The van der Waals surface area contributed by atoms with Gasteiger partial charge in [-0.1, -0.05) is 24.3 Å². The maximum absolute atomic E-state index is 12.0. The number of ether oxygens (including phenoxy) is 1. The van der Waals surface area contributed by atoms with Crippen LogP contribution in [0, 0.1) is 0 Å². The van der Waals surface area contributed by atoms with Gasteiger partial charge in [0.25, 0.3) is 0 Å². The summed E-state index contributed by atoms with van der Waals surface area (Å²) in [5, 5.41) is 0. The topological polar surface area (TPSA) is 22.1 Å². The molecule has 0 amide bonds. The van der Waals surface area contributed by atoms with Crippen molar-refractivity contribution in [3.63, 3.8) is 0 Å². The van der Waals surface area contributed by atoms with Gasteiger partial charge in [-0.15, -0.1) is 11.6 Å². The van der Waals surface area contributed by atoms with Crippen molar-refractivity contribution in [3.8, 4) is 17.0 Å². The van der Waals surface area contributed by atoms with Crippen molar-refractivity contribution in [1.82, 2.24) is 4.98 Å². The summed E-state index contributed by atoms with van der Waals surface area (Å²) in [5.41, 5.74) is 2.60. The molecule has 0 spiro atoms. The first kappa shape index (κ1) is 12.8. The molecule has 0 saturated heterocycles. The van der Waals surface area contributed by atoms with Crippen LogP contribution in [0.4, 0.5) is 8.78 Å². The van der Waals surface area contributed by atoms with Gasteiger partial charge in [0.2, 0.25) is 0 Å². The molecule has 0 aliphatic heterocycles. The van der Waals surface area contributed by atoms with Crippen LogP contribution >= 0.6 is 11.6 Å². The minimum absolute atomic E-state index is 0.0473. The van der Waals surface area contributed by atoms with Crippen molar-refractivity contribution in [2.24, 2.45) is 0 Å². The maximum Gasteiger partial charge on any atom is 0.387 e. The second-order valence-electron chi connectivity index (χ2n) is 3.59. The molecule has 0 N–H and O–H groups in total. The third-order valence-electron chi connectivity index (χ3n) is 2.37. The molecule has 1 aromatic heterocycles. The lowest BCUT2D eigenvalue weighted by Gasteiger charge is -2.05. The largest absolute Gasteiger partial charge is 0.433 e. The lowest BCUT2D eigenvalue weighted by molar-refractivity contribution is -0.0500. The highest BCUT2D eigenvalue weighted by Crippen LogP contribution is 2.21. The van der Waals surface area contributed by atoms with Gasteiger partial charge in [0, 0.05) is 11.4 Å². The third-order valence-corrected chi connectivity index (χ3v) is 2.67. The summed E-state index contributed by atoms with van der Waals surface area (Å²) >= 11 is 5.69. The van der Waals surface area contributed by atoms with Crippen molar-refractivity contribution in [3.05, 3.63) is 48.2 Å². The van der Waals surface area contributed by atoms with Crippen molar-refractivity contribution in [2.75, 3.05) is 0 Å². The fourth-order valence-corrected chi connectivity index (χ4v) is 1.67. The third kappa shape index (κ3) is 3.17. The standard InChI is InChI=1S/C13H10ClF2NO/c14-7-9-1-3-10(4-2-9)12-6-5-11(8-17-12)18-13(15)16/h1-6,8,13H,7H2. The Hall–Kier alpha value is -1.68. The fraction of sp³-hybridized carbons (Fsp3) is 0.154. The zero-order valence-electron chi connectivity index (χ0n) is 9.32. The smallest absolute Gasteiger partial charge is 0.387 e. The summed E-state index contributed by atoms with van der Waals surface area (Å²) in [6.45, 7) is -2.83. The van der Waals surface area contributed by atoms with Crippen LogP contribution in [0.2, 0.25) is 0 Å². The van der Waals surface area contributed by atoms with E-state index in [2.05, 4.69) is 9.72 Å². The summed E-state index contributed by atoms with van der Waals surface area (Å²) in [6, 6.07) is 10.7. The first-order chi connectivity index (χ1) is 8.69. The Labute approximate surface area is 108 Å². The summed E-state index contributed by atoms with van der Waals surface area (Å²) < 4.78 is 28.2. The highest BCUT2D eigenvalue weighted by atomic mass is 35.5. The Morgan fingerprint density at radius 2 is 1.83 bits per heavy atom. The molecule has 0 aliphatic carbocycles. The Morgan fingerprint density at radius 1 is 1.11 bits per heavy atom. The van der Waals surface area contributed by atoms with Gasteiger partial charge in [0.1, 0.15) is 5.75 Å². The number of benzene rings is 1. The minimum Gasteiger partial charge on any atom is -0.433 e. The molecule has 1 heterocycles. The van der Waals surface area contributed by atoms with Gasteiger partial charge >= 0.3 is 6.61 Å². The number of hydrogen-bond donors (Lipinski definition) is 0. The zero-order chi connectivity index (χ0) is 13.0. The SMILES string of the molecule is FC(F)Oc1ccc(-c2ccc(CCl)cc2)nc1. The molecule has 0 bridgehead atoms. The summed E-state index contributed by atoms with van der Waals surface area (Å²) in [6.07, 6.45) is 1.27. The van der Waals surface area contributed by atoms with E-state index >= 15 is 0 Å². The summed E-state index contributed by atoms with van der Waals surface area (Å²) in [7, 11) is 0. The first-order valence-electron chi connectivity index (χ1n) is 5.25. The van der Waals surface area contributed by atoms with E-state index < -0.39 is 6.61 Å². The number of aromatic nitrogens is 1. The van der Waals surface area contributed by atoms with Crippen LogP contribution in [0.5, 0.6) is 5.75 Å². The number of hydrogen-bond acceptors (Lipinski definition) is 2. The predicted molar refractivity (Wildman–Crippen MR) is 65.9 cm³/mol. The second kappa shape index (κ2) is 5.78. The molecular formula is C13H10ClF2NO. The highest BCUT2D eigenvalue weighted by Gasteiger charge is 2.05. The Bertz CT molecular complexity index is 499. The molecule has 2 rings (SSSR count). The van der Waals surface area contributed by atoms with Crippen LogP contribution in [0.25, 0.3) is 11.3 Å². The van der Waals surface area contributed by atoms with Gasteiger partial charge in [-0.25, -0.2) is 0 Å². The van der Waals surface area contributed by atoms with Gasteiger partial charge in [-0.3, -0.25) is 4.98 Å². The fourth-order valence-electron chi connectivity index (χ4n) is 1.49. The van der Waals surface area contributed by atoms with Gasteiger partial charge in [0.15, 0.2) is 0 Å². The van der Waals surface area contributed by atoms with E-state index in [1.54, 1.807) is 6.07 Å². The Balaban J connectivity index is 2.17. The first-order valence-corrected chi connectivity index (χ1v) is 5.78. The minimum atomic E-state index is -2.83. The van der Waals surface area contributed by atoms with Crippen molar-refractivity contribution >= 4 is 11.6 Å². The van der Waals surface area contributed by atoms with Crippen LogP contribution in [0.3, 0.4) is 0 Å². The van der Waals surface area contributed by atoms with E-state index in [0.717, 1.165) is 11.1 Å². The number of pyridine rings is 1. The summed E-state index contributed by atoms with van der Waals surface area (Å²) in [5.74, 6) is 0.501. The van der Waals surface area contributed by atoms with Gasteiger partial charge in [0.05, 0.1) is 11.9 Å². The molecule has 2 aromatic rings. The lowest BCUT2D eigenvalue weighted by atomic mass is 10.1. The van der Waals surface area contributed by atoms with E-state index in [1.165, 1.54) is 12.3 Å². The van der Waals surface area contributed by atoms with Crippen molar-refractivity contribution < 1.29 is 13.5 Å². The Morgan fingerprint density at radius 3 is 2.33 bits per heavy atom.